The molecule has 0 bridgehead atoms. The van der Waals surface area contributed by atoms with Crippen LogP contribution in [0.2, 0.25) is 51.9 Å². The predicted octanol–water partition coefficient (Wildman–Crippen LogP) is 6.38. The number of hydrogen-bond acceptors (Lipinski definition) is 4. The zero-order chi connectivity index (χ0) is 19.2. The van der Waals surface area contributed by atoms with Crippen molar-refractivity contribution in [2.45, 2.75) is 110 Å². The summed E-state index contributed by atoms with van der Waals surface area (Å²) in [7, 11) is -8.81. The van der Waals surface area contributed by atoms with Gasteiger partial charge in [0.05, 0.1) is 0 Å². The summed E-state index contributed by atoms with van der Waals surface area (Å²) in [6, 6.07) is 1.06. The third-order valence-corrected chi connectivity index (χ3v) is 20.9. The Labute approximate surface area is 161 Å². The quantitative estimate of drug-likeness (QED) is 0.319. The summed E-state index contributed by atoms with van der Waals surface area (Å²) >= 11 is 0. The van der Waals surface area contributed by atoms with E-state index in [1.54, 1.807) is 0 Å². The molecule has 1 aliphatic heterocycles. The molecule has 0 aromatic carbocycles. The topological polar surface area (TPSA) is 36.9 Å². The molecule has 25 heavy (non-hydrogen) atoms. The van der Waals surface area contributed by atoms with Crippen LogP contribution in [0, 0.1) is 0 Å². The van der Waals surface area contributed by atoms with Gasteiger partial charge in [0.15, 0.2) is 0 Å². The Bertz CT molecular complexity index is 380. The van der Waals surface area contributed by atoms with Crippen LogP contribution in [0.3, 0.4) is 0 Å². The Kier molecular flexibility index (Phi) is 9.28. The molecule has 1 rings (SSSR count). The Morgan fingerprint density at radius 2 is 0.840 bits per heavy atom. The summed E-state index contributed by atoms with van der Waals surface area (Å²) in [6.07, 6.45) is 10.7. The van der Waals surface area contributed by atoms with E-state index in [0.29, 0.717) is 0 Å². The molecule has 150 valence electrons. The van der Waals surface area contributed by atoms with E-state index in [-0.39, 0.29) is 0 Å². The van der Waals surface area contributed by atoms with Gasteiger partial charge in [0.25, 0.3) is 0 Å². The average Bonchev–Trinajstić information content (AvgIpc) is 2.36. The molecule has 0 atom stereocenters. The molecule has 1 saturated heterocycles. The number of unbranched alkanes of at least 4 members (excludes halogenated alkanes) is 7. The molecule has 1 heterocycles. The van der Waals surface area contributed by atoms with Crippen LogP contribution in [-0.2, 0) is 16.5 Å². The molecule has 0 saturated carbocycles. The molecule has 0 aromatic rings. The Hall–Kier alpha value is 0.708. The monoisotopic (exact) mass is 422 g/mol. The standard InChI is InChI=1S/C17H42O4Si4/c1-9-10-11-12-13-14-15-16-17-25(8)20-23(4,5)18-22(2,3)19-24(6,7)21-25/h9-17H2,1-8H3. The molecule has 0 unspecified atom stereocenters. The fraction of sp³-hybridized carbons (Fsp3) is 1.00. The fourth-order valence-corrected chi connectivity index (χ4v) is 25.7. The van der Waals surface area contributed by atoms with Gasteiger partial charge < -0.3 is 16.5 Å². The maximum Gasteiger partial charge on any atom is 0.317 e. The summed E-state index contributed by atoms with van der Waals surface area (Å²) in [5.74, 6) is 0. The third-order valence-electron chi connectivity index (χ3n) is 4.39. The van der Waals surface area contributed by atoms with Gasteiger partial charge in [0, 0.05) is 0 Å². The van der Waals surface area contributed by atoms with Crippen LogP contribution in [0.15, 0.2) is 0 Å². The lowest BCUT2D eigenvalue weighted by Gasteiger charge is -2.47. The van der Waals surface area contributed by atoms with Crippen LogP contribution in [0.1, 0.15) is 58.3 Å². The molecule has 8 heteroatoms. The van der Waals surface area contributed by atoms with Gasteiger partial charge in [0.2, 0.25) is 0 Å². The molecule has 0 spiro atoms. The lowest BCUT2D eigenvalue weighted by Crippen LogP contribution is -2.64. The molecular formula is C17H42O4Si4. The first-order valence-electron chi connectivity index (χ1n) is 10.2. The lowest BCUT2D eigenvalue weighted by atomic mass is 10.1. The summed E-state index contributed by atoms with van der Waals surface area (Å²) in [4.78, 5) is 0. The van der Waals surface area contributed by atoms with Gasteiger partial charge in [-0.2, -0.15) is 0 Å². The van der Waals surface area contributed by atoms with Crippen molar-refractivity contribution in [3.63, 3.8) is 0 Å². The highest BCUT2D eigenvalue weighted by atomic mass is 28.5. The highest BCUT2D eigenvalue weighted by Gasteiger charge is 2.52. The fourth-order valence-electron chi connectivity index (χ4n) is 3.99. The zero-order valence-corrected chi connectivity index (χ0v) is 22.0. The Balaban J connectivity index is 2.52. The van der Waals surface area contributed by atoms with Crippen molar-refractivity contribution in [3.8, 4) is 0 Å². The first-order valence-corrected chi connectivity index (χ1v) is 21.2. The van der Waals surface area contributed by atoms with Crippen LogP contribution in [-0.4, -0.2) is 34.2 Å². The van der Waals surface area contributed by atoms with Gasteiger partial charge >= 0.3 is 34.2 Å². The molecule has 1 fully saturated rings. The van der Waals surface area contributed by atoms with Gasteiger partial charge in [-0.05, 0) is 51.9 Å². The summed E-state index contributed by atoms with van der Waals surface area (Å²) in [6.45, 7) is 17.3. The SMILES string of the molecule is CCCCCCCCCC[Si]1(C)O[Si](C)(C)O[Si](C)(C)O[Si](C)(C)O1. The van der Waals surface area contributed by atoms with E-state index >= 15 is 0 Å². The first kappa shape index (κ1) is 23.7. The van der Waals surface area contributed by atoms with Crippen molar-refractivity contribution in [1.29, 1.82) is 0 Å². The smallest absolute Gasteiger partial charge is 0.317 e. The van der Waals surface area contributed by atoms with Crippen molar-refractivity contribution in [2.75, 3.05) is 0 Å². The molecule has 0 aromatic heterocycles. The van der Waals surface area contributed by atoms with Crippen molar-refractivity contribution in [2.24, 2.45) is 0 Å². The van der Waals surface area contributed by atoms with E-state index in [0.717, 1.165) is 6.04 Å². The minimum atomic E-state index is -2.24. The number of hydrogen-bond donors (Lipinski definition) is 0. The molecule has 4 nitrogen and oxygen atoms in total. The van der Waals surface area contributed by atoms with Crippen molar-refractivity contribution in [3.05, 3.63) is 0 Å². The molecule has 1 aliphatic rings. The van der Waals surface area contributed by atoms with E-state index < -0.39 is 34.2 Å². The van der Waals surface area contributed by atoms with E-state index in [9.17, 15) is 0 Å². The maximum atomic E-state index is 6.62. The van der Waals surface area contributed by atoms with Crippen LogP contribution >= 0.6 is 0 Å². The normalized spacial score (nSPS) is 24.5. The van der Waals surface area contributed by atoms with E-state index in [1.807, 2.05) is 0 Å². The minimum Gasteiger partial charge on any atom is -0.416 e. The van der Waals surface area contributed by atoms with Crippen LogP contribution in [0.4, 0.5) is 0 Å². The second-order valence-corrected chi connectivity index (χ2v) is 23.4. The summed E-state index contributed by atoms with van der Waals surface area (Å²) in [5.41, 5.74) is 0. The second kappa shape index (κ2) is 9.77. The van der Waals surface area contributed by atoms with Crippen molar-refractivity contribution >= 4 is 34.2 Å². The van der Waals surface area contributed by atoms with Gasteiger partial charge in [-0.25, -0.2) is 0 Å². The Morgan fingerprint density at radius 1 is 0.480 bits per heavy atom. The summed E-state index contributed by atoms with van der Waals surface area (Å²) < 4.78 is 26.0. The predicted molar refractivity (Wildman–Crippen MR) is 116 cm³/mol. The van der Waals surface area contributed by atoms with Gasteiger partial charge in [0.1, 0.15) is 0 Å². The Morgan fingerprint density at radius 3 is 1.28 bits per heavy atom. The van der Waals surface area contributed by atoms with Crippen molar-refractivity contribution < 1.29 is 16.5 Å². The van der Waals surface area contributed by atoms with Crippen LogP contribution < -0.4 is 0 Å². The van der Waals surface area contributed by atoms with Gasteiger partial charge in [-0.15, -0.1) is 0 Å². The molecular weight excluding hydrogens is 381 g/mol. The lowest BCUT2D eigenvalue weighted by molar-refractivity contribution is 0.233. The van der Waals surface area contributed by atoms with Crippen LogP contribution in [0.25, 0.3) is 0 Å². The second-order valence-electron chi connectivity index (χ2n) is 8.97. The minimum absolute atomic E-state index is 1.06. The van der Waals surface area contributed by atoms with Gasteiger partial charge in [-0.3, -0.25) is 0 Å². The van der Waals surface area contributed by atoms with Crippen molar-refractivity contribution in [1.82, 2.24) is 0 Å². The highest BCUT2D eigenvalue weighted by molar-refractivity contribution is 6.93. The van der Waals surface area contributed by atoms with E-state index in [1.165, 1.54) is 51.4 Å². The summed E-state index contributed by atoms with van der Waals surface area (Å²) in [5, 5.41) is 0. The van der Waals surface area contributed by atoms with Gasteiger partial charge in [-0.1, -0.05) is 58.3 Å². The molecule has 0 N–H and O–H groups in total. The molecule has 0 aliphatic carbocycles. The largest absolute Gasteiger partial charge is 0.416 e. The third kappa shape index (κ3) is 9.99. The highest BCUT2D eigenvalue weighted by Crippen LogP contribution is 2.33. The average molecular weight is 423 g/mol. The van der Waals surface area contributed by atoms with E-state index in [2.05, 4.69) is 52.8 Å². The van der Waals surface area contributed by atoms with E-state index in [4.69, 9.17) is 16.5 Å². The first-order chi connectivity index (χ1) is 11.4. The maximum absolute atomic E-state index is 6.62. The zero-order valence-electron chi connectivity index (χ0n) is 18.0. The number of rotatable bonds is 9. The molecule has 0 radical (unpaired) electrons. The van der Waals surface area contributed by atoms with Crippen LogP contribution in [0.5, 0.6) is 0 Å². The molecule has 0 amide bonds.